The van der Waals surface area contributed by atoms with Crippen LogP contribution >= 0.6 is 11.3 Å². The highest BCUT2D eigenvalue weighted by molar-refractivity contribution is 7.09. The summed E-state index contributed by atoms with van der Waals surface area (Å²) in [6.07, 6.45) is -0.968. The molecule has 0 saturated heterocycles. The molecule has 6 nitrogen and oxygen atoms in total. The van der Waals surface area contributed by atoms with Crippen LogP contribution in [0.3, 0.4) is 0 Å². The largest absolute Gasteiger partial charge is 0.487 e. The number of ether oxygens (including phenoxy) is 2. The number of thiazole rings is 1. The Morgan fingerprint density at radius 1 is 1.06 bits per heavy atom. The van der Waals surface area contributed by atoms with Crippen molar-refractivity contribution in [3.63, 3.8) is 0 Å². The number of esters is 1. The van der Waals surface area contributed by atoms with E-state index in [1.807, 2.05) is 54.8 Å². The summed E-state index contributed by atoms with van der Waals surface area (Å²) in [6.45, 7) is 3.79. The van der Waals surface area contributed by atoms with Crippen molar-refractivity contribution in [1.29, 1.82) is 0 Å². The molecule has 0 aliphatic carbocycles. The Hall–Kier alpha value is -3.71. The highest BCUT2D eigenvalue weighted by Crippen LogP contribution is 2.23. The zero-order valence-electron chi connectivity index (χ0n) is 17.7. The molecular formula is C25H22N2O4S. The van der Waals surface area contributed by atoms with E-state index < -0.39 is 18.0 Å². The molecule has 0 radical (unpaired) electrons. The van der Waals surface area contributed by atoms with Crippen molar-refractivity contribution >= 4 is 39.7 Å². The van der Waals surface area contributed by atoms with Crippen LogP contribution in [0.2, 0.25) is 0 Å². The maximum absolute atomic E-state index is 12.6. The Kier molecular flexibility index (Phi) is 6.47. The summed E-state index contributed by atoms with van der Waals surface area (Å²) in [7, 11) is 0. The van der Waals surface area contributed by atoms with Gasteiger partial charge in [0.2, 0.25) is 0 Å². The van der Waals surface area contributed by atoms with Gasteiger partial charge in [0.25, 0.3) is 5.91 Å². The van der Waals surface area contributed by atoms with Gasteiger partial charge in [0.1, 0.15) is 12.4 Å². The number of fused-ring (bicyclic) bond motifs is 1. The Bertz CT molecular complexity index is 1260. The SMILES string of the molecule is Cc1nc(COc2cccc(C(=O)OC(C)C(=O)Nc3cccc4ccccc34)c2)cs1. The van der Waals surface area contributed by atoms with Crippen LogP contribution < -0.4 is 10.1 Å². The van der Waals surface area contributed by atoms with Gasteiger partial charge >= 0.3 is 5.97 Å². The van der Waals surface area contributed by atoms with Crippen LogP contribution in [-0.4, -0.2) is 23.0 Å². The fourth-order valence-electron chi connectivity index (χ4n) is 3.20. The number of anilines is 1. The lowest BCUT2D eigenvalue weighted by molar-refractivity contribution is -0.123. The normalized spacial score (nSPS) is 11.7. The van der Waals surface area contributed by atoms with E-state index in [1.165, 1.54) is 0 Å². The molecule has 32 heavy (non-hydrogen) atoms. The first kappa shape index (κ1) is 21.5. The summed E-state index contributed by atoms with van der Waals surface area (Å²) < 4.78 is 11.1. The monoisotopic (exact) mass is 446 g/mol. The molecule has 0 fully saturated rings. The number of rotatable bonds is 7. The predicted molar refractivity (Wildman–Crippen MR) is 125 cm³/mol. The average molecular weight is 447 g/mol. The molecule has 0 aliphatic rings. The van der Waals surface area contributed by atoms with Crippen molar-refractivity contribution in [1.82, 2.24) is 4.98 Å². The standard InChI is InChI=1S/C25H22N2O4S/c1-16(24(28)27-23-12-6-8-18-7-3-4-11-22(18)23)31-25(29)19-9-5-10-21(13-19)30-14-20-15-32-17(2)26-20/h3-13,15-16H,14H2,1-2H3,(H,27,28). The molecule has 1 N–H and O–H groups in total. The quantitative estimate of drug-likeness (QED) is 0.386. The molecule has 3 aromatic carbocycles. The predicted octanol–water partition coefficient (Wildman–Crippen LogP) is 5.37. The van der Waals surface area contributed by atoms with E-state index in [2.05, 4.69) is 10.3 Å². The number of carbonyl (C=O) groups excluding carboxylic acids is 2. The highest BCUT2D eigenvalue weighted by atomic mass is 32.1. The van der Waals surface area contributed by atoms with Gasteiger partial charge < -0.3 is 14.8 Å². The first-order valence-corrected chi connectivity index (χ1v) is 11.0. The van der Waals surface area contributed by atoms with Crippen LogP contribution in [0.5, 0.6) is 5.75 Å². The maximum Gasteiger partial charge on any atom is 0.339 e. The molecule has 0 spiro atoms. The summed E-state index contributed by atoms with van der Waals surface area (Å²) in [5.74, 6) is -0.473. The Labute approximate surface area is 189 Å². The smallest absolute Gasteiger partial charge is 0.339 e. The highest BCUT2D eigenvalue weighted by Gasteiger charge is 2.20. The number of nitrogens with one attached hydrogen (secondary N) is 1. The van der Waals surface area contributed by atoms with Crippen molar-refractivity contribution in [3.05, 3.63) is 88.4 Å². The van der Waals surface area contributed by atoms with E-state index in [1.54, 1.807) is 42.5 Å². The topological polar surface area (TPSA) is 77.5 Å². The van der Waals surface area contributed by atoms with Crippen molar-refractivity contribution in [2.24, 2.45) is 0 Å². The molecule has 0 aliphatic heterocycles. The molecular weight excluding hydrogens is 424 g/mol. The minimum atomic E-state index is -0.968. The average Bonchev–Trinajstić information content (AvgIpc) is 3.23. The number of carbonyl (C=O) groups is 2. The van der Waals surface area contributed by atoms with Crippen molar-refractivity contribution < 1.29 is 19.1 Å². The lowest BCUT2D eigenvalue weighted by Crippen LogP contribution is -2.30. The van der Waals surface area contributed by atoms with Crippen molar-refractivity contribution in [3.8, 4) is 5.75 Å². The van der Waals surface area contributed by atoms with Gasteiger partial charge in [-0.15, -0.1) is 11.3 Å². The summed E-state index contributed by atoms with van der Waals surface area (Å²) in [5, 5.41) is 7.68. The molecule has 1 atom stereocenters. The maximum atomic E-state index is 12.6. The number of nitrogens with zero attached hydrogens (tertiary/aromatic N) is 1. The lowest BCUT2D eigenvalue weighted by Gasteiger charge is -2.15. The zero-order valence-corrected chi connectivity index (χ0v) is 18.5. The summed E-state index contributed by atoms with van der Waals surface area (Å²) >= 11 is 1.55. The third-order valence-electron chi connectivity index (χ3n) is 4.82. The van der Waals surface area contributed by atoms with Gasteiger partial charge in [-0.2, -0.15) is 0 Å². The Balaban J connectivity index is 1.38. The minimum absolute atomic E-state index is 0.307. The number of aromatic nitrogens is 1. The van der Waals surface area contributed by atoms with Gasteiger partial charge in [0.05, 0.1) is 16.3 Å². The van der Waals surface area contributed by atoms with Gasteiger partial charge in [-0.1, -0.05) is 42.5 Å². The first-order chi connectivity index (χ1) is 15.5. The van der Waals surface area contributed by atoms with E-state index in [-0.39, 0.29) is 0 Å². The molecule has 1 unspecified atom stereocenters. The molecule has 1 amide bonds. The summed E-state index contributed by atoms with van der Waals surface area (Å²) in [6, 6.07) is 20.1. The number of hydrogen-bond donors (Lipinski definition) is 1. The van der Waals surface area contributed by atoms with Gasteiger partial charge in [-0.25, -0.2) is 9.78 Å². The van der Waals surface area contributed by atoms with E-state index >= 15 is 0 Å². The van der Waals surface area contributed by atoms with Gasteiger partial charge in [-0.05, 0) is 43.5 Å². The number of hydrogen-bond acceptors (Lipinski definition) is 6. The Morgan fingerprint density at radius 2 is 1.84 bits per heavy atom. The van der Waals surface area contributed by atoms with Gasteiger partial charge in [0, 0.05) is 16.5 Å². The second kappa shape index (κ2) is 9.62. The molecule has 7 heteroatoms. The summed E-state index contributed by atoms with van der Waals surface area (Å²) in [4.78, 5) is 29.6. The Morgan fingerprint density at radius 3 is 2.66 bits per heavy atom. The van der Waals surface area contributed by atoms with Crippen molar-refractivity contribution in [2.45, 2.75) is 26.6 Å². The molecule has 1 aromatic heterocycles. The fraction of sp³-hybridized carbons (Fsp3) is 0.160. The summed E-state index contributed by atoms with van der Waals surface area (Å²) in [5.41, 5.74) is 1.81. The second-order valence-corrected chi connectivity index (χ2v) is 8.30. The molecule has 0 saturated carbocycles. The third-order valence-corrected chi connectivity index (χ3v) is 5.65. The van der Waals surface area contributed by atoms with Gasteiger partial charge in [-0.3, -0.25) is 4.79 Å². The number of amides is 1. The second-order valence-electron chi connectivity index (χ2n) is 7.24. The molecule has 4 rings (SSSR count). The number of benzene rings is 3. The van der Waals surface area contributed by atoms with Crippen molar-refractivity contribution in [2.75, 3.05) is 5.32 Å². The van der Waals surface area contributed by atoms with Crippen LogP contribution in [0.15, 0.2) is 72.1 Å². The number of aryl methyl sites for hydroxylation is 1. The van der Waals surface area contributed by atoms with Crippen LogP contribution in [0.4, 0.5) is 5.69 Å². The van der Waals surface area contributed by atoms with E-state index in [9.17, 15) is 9.59 Å². The van der Waals surface area contributed by atoms with Crippen LogP contribution in [-0.2, 0) is 16.1 Å². The van der Waals surface area contributed by atoms with E-state index in [0.29, 0.717) is 23.6 Å². The minimum Gasteiger partial charge on any atom is -0.487 e. The van der Waals surface area contributed by atoms with E-state index in [0.717, 1.165) is 21.5 Å². The third kappa shape index (κ3) is 5.12. The zero-order chi connectivity index (χ0) is 22.5. The fourth-order valence-corrected chi connectivity index (χ4v) is 3.79. The molecule has 1 heterocycles. The van der Waals surface area contributed by atoms with E-state index in [4.69, 9.17) is 9.47 Å². The van der Waals surface area contributed by atoms with Crippen LogP contribution in [0.1, 0.15) is 28.0 Å². The first-order valence-electron chi connectivity index (χ1n) is 10.1. The molecule has 162 valence electrons. The lowest BCUT2D eigenvalue weighted by atomic mass is 10.1. The van der Waals surface area contributed by atoms with Gasteiger partial charge in [0.15, 0.2) is 6.10 Å². The van der Waals surface area contributed by atoms with Crippen LogP contribution in [0.25, 0.3) is 10.8 Å². The molecule has 0 bridgehead atoms. The molecule has 4 aromatic rings. The van der Waals surface area contributed by atoms with Crippen LogP contribution in [0, 0.1) is 6.92 Å².